The first-order valence-electron chi connectivity index (χ1n) is 11.1. The van der Waals surface area contributed by atoms with Crippen LogP contribution in [-0.4, -0.2) is 56.1 Å². The van der Waals surface area contributed by atoms with E-state index in [1.807, 2.05) is 36.4 Å². The van der Waals surface area contributed by atoms with Crippen LogP contribution in [0.15, 0.2) is 60.7 Å². The van der Waals surface area contributed by atoms with E-state index >= 15 is 0 Å². The fraction of sp³-hybridized carbons (Fsp3) is 0.259. The smallest absolute Gasteiger partial charge is 0.407 e. The van der Waals surface area contributed by atoms with Crippen LogP contribution in [0.25, 0.3) is 11.1 Å². The summed E-state index contributed by atoms with van der Waals surface area (Å²) >= 11 is 0. The number of hydrogen-bond donors (Lipinski definition) is 3. The van der Waals surface area contributed by atoms with Gasteiger partial charge in [-0.05, 0) is 34.4 Å². The molecule has 0 heterocycles. The first-order valence-corrected chi connectivity index (χ1v) is 11.1. The lowest BCUT2D eigenvalue weighted by molar-refractivity contribution is 0.0170. The number of fused-ring (bicyclic) bond motifs is 3. The highest BCUT2D eigenvalue weighted by molar-refractivity contribution is 5.79. The molecule has 0 fully saturated rings. The van der Waals surface area contributed by atoms with Gasteiger partial charge in [0.2, 0.25) is 0 Å². The highest BCUT2D eigenvalue weighted by Gasteiger charge is 2.29. The van der Waals surface area contributed by atoms with Gasteiger partial charge in [-0.25, -0.2) is 4.79 Å². The Balaban J connectivity index is 1.39. The molecule has 1 amide bonds. The molecule has 3 aromatic carbocycles. The van der Waals surface area contributed by atoms with Gasteiger partial charge in [0.05, 0.1) is 14.2 Å². The lowest BCUT2D eigenvalue weighted by Gasteiger charge is -2.22. The Morgan fingerprint density at radius 3 is 2.20 bits per heavy atom. The second-order valence-corrected chi connectivity index (χ2v) is 8.18. The predicted octanol–water partition coefficient (Wildman–Crippen LogP) is 3.45. The van der Waals surface area contributed by atoms with Crippen LogP contribution in [0.3, 0.4) is 0 Å². The molecular weight excluding hydrogens is 450 g/mol. The van der Waals surface area contributed by atoms with E-state index in [1.54, 1.807) is 0 Å². The minimum atomic E-state index is -1.45. The number of nitrogens with one attached hydrogen (secondary N) is 1. The van der Waals surface area contributed by atoms with Gasteiger partial charge < -0.3 is 29.7 Å². The zero-order valence-electron chi connectivity index (χ0n) is 19.4. The van der Waals surface area contributed by atoms with E-state index in [0.717, 1.165) is 22.3 Å². The molecule has 182 valence electrons. The maximum Gasteiger partial charge on any atom is 0.407 e. The third-order valence-corrected chi connectivity index (χ3v) is 6.15. The number of ether oxygens (including phenoxy) is 3. The number of carbonyl (C=O) groups is 2. The number of hydrogen-bond acceptors (Lipinski definition) is 7. The van der Waals surface area contributed by atoms with Crippen molar-refractivity contribution in [2.75, 3.05) is 27.4 Å². The zero-order chi connectivity index (χ0) is 24.9. The summed E-state index contributed by atoms with van der Waals surface area (Å²) in [6.45, 7) is -0.153. The summed E-state index contributed by atoms with van der Waals surface area (Å²) < 4.78 is 16.0. The number of rotatable bonds is 9. The van der Waals surface area contributed by atoms with Crippen molar-refractivity contribution in [1.29, 1.82) is 0 Å². The van der Waals surface area contributed by atoms with Gasteiger partial charge in [0.1, 0.15) is 25.1 Å². The SMILES string of the molecule is COc1cc(C=O)cc(C(O)C(O)CNC(=O)OCC2c3ccccc3-c3ccccc32)c1OC. The molecular formula is C27H27NO7. The first kappa shape index (κ1) is 24.3. The lowest BCUT2D eigenvalue weighted by atomic mass is 9.98. The summed E-state index contributed by atoms with van der Waals surface area (Å²) in [5, 5.41) is 23.7. The molecule has 3 aromatic rings. The van der Waals surface area contributed by atoms with Gasteiger partial charge in [0.15, 0.2) is 11.5 Å². The van der Waals surface area contributed by atoms with E-state index in [9.17, 15) is 19.8 Å². The Morgan fingerprint density at radius 2 is 1.63 bits per heavy atom. The van der Waals surface area contributed by atoms with E-state index in [1.165, 1.54) is 26.4 Å². The minimum absolute atomic E-state index is 0.0912. The Morgan fingerprint density at radius 1 is 1.00 bits per heavy atom. The molecule has 0 aromatic heterocycles. The van der Waals surface area contributed by atoms with Crippen molar-refractivity contribution < 1.29 is 34.0 Å². The van der Waals surface area contributed by atoms with Gasteiger partial charge in [0.25, 0.3) is 0 Å². The van der Waals surface area contributed by atoms with Crippen molar-refractivity contribution in [3.8, 4) is 22.6 Å². The maximum atomic E-state index is 12.4. The van der Waals surface area contributed by atoms with Gasteiger partial charge >= 0.3 is 6.09 Å². The normalized spacial score (nSPS) is 13.8. The third kappa shape index (κ3) is 4.84. The van der Waals surface area contributed by atoms with E-state index < -0.39 is 18.3 Å². The second kappa shape index (κ2) is 10.6. The molecule has 0 aliphatic heterocycles. The van der Waals surface area contributed by atoms with E-state index in [4.69, 9.17) is 14.2 Å². The van der Waals surface area contributed by atoms with Crippen molar-refractivity contribution in [3.63, 3.8) is 0 Å². The standard InChI is InChI=1S/C27H27NO7/c1-33-24-12-16(14-29)11-21(26(24)34-2)25(31)23(30)13-28-27(32)35-15-22-19-9-5-3-7-17(19)18-8-4-6-10-20(18)22/h3-12,14,22-23,25,30-31H,13,15H2,1-2H3,(H,28,32). The van der Waals surface area contributed by atoms with Crippen molar-refractivity contribution in [1.82, 2.24) is 5.32 Å². The summed E-state index contributed by atoms with van der Waals surface area (Å²) in [4.78, 5) is 23.6. The zero-order valence-corrected chi connectivity index (χ0v) is 19.4. The number of benzene rings is 3. The van der Waals surface area contributed by atoms with Crippen molar-refractivity contribution in [2.45, 2.75) is 18.1 Å². The van der Waals surface area contributed by atoms with Crippen LogP contribution in [0.1, 0.15) is 39.1 Å². The molecule has 8 nitrogen and oxygen atoms in total. The summed E-state index contributed by atoms with van der Waals surface area (Å²) in [7, 11) is 2.79. The van der Waals surface area contributed by atoms with Crippen LogP contribution in [0.4, 0.5) is 4.79 Å². The molecule has 1 aliphatic rings. The van der Waals surface area contributed by atoms with Gasteiger partial charge in [-0.1, -0.05) is 48.5 Å². The molecule has 35 heavy (non-hydrogen) atoms. The highest BCUT2D eigenvalue weighted by atomic mass is 16.5. The van der Waals surface area contributed by atoms with E-state index in [0.29, 0.717) is 6.29 Å². The van der Waals surface area contributed by atoms with Crippen LogP contribution in [0.5, 0.6) is 11.5 Å². The minimum Gasteiger partial charge on any atom is -0.493 e. The van der Waals surface area contributed by atoms with Crippen molar-refractivity contribution in [3.05, 3.63) is 82.9 Å². The fourth-order valence-corrected chi connectivity index (χ4v) is 4.46. The van der Waals surface area contributed by atoms with Crippen LogP contribution in [-0.2, 0) is 4.74 Å². The van der Waals surface area contributed by atoms with Crippen LogP contribution >= 0.6 is 0 Å². The fourth-order valence-electron chi connectivity index (χ4n) is 4.46. The average Bonchev–Trinajstić information content (AvgIpc) is 3.22. The van der Waals surface area contributed by atoms with Gasteiger partial charge in [-0.3, -0.25) is 4.79 Å². The lowest BCUT2D eigenvalue weighted by Crippen LogP contribution is -2.36. The Hall–Kier alpha value is -3.88. The monoisotopic (exact) mass is 477 g/mol. The van der Waals surface area contributed by atoms with Crippen molar-refractivity contribution >= 4 is 12.4 Å². The van der Waals surface area contributed by atoms with Gasteiger partial charge in [0, 0.05) is 23.6 Å². The Labute approximate surface area is 203 Å². The molecule has 0 radical (unpaired) electrons. The largest absolute Gasteiger partial charge is 0.493 e. The average molecular weight is 478 g/mol. The van der Waals surface area contributed by atoms with Crippen LogP contribution < -0.4 is 14.8 Å². The number of amides is 1. The molecule has 0 saturated heterocycles. The Kier molecular flexibility index (Phi) is 7.33. The number of aldehydes is 1. The number of methoxy groups -OCH3 is 2. The third-order valence-electron chi connectivity index (χ3n) is 6.15. The number of aliphatic hydroxyl groups excluding tert-OH is 2. The highest BCUT2D eigenvalue weighted by Crippen LogP contribution is 2.44. The summed E-state index contributed by atoms with van der Waals surface area (Å²) in [6.07, 6.45) is -2.97. The van der Waals surface area contributed by atoms with Gasteiger partial charge in [-0.2, -0.15) is 0 Å². The van der Waals surface area contributed by atoms with E-state index in [2.05, 4.69) is 17.4 Å². The van der Waals surface area contributed by atoms with Crippen LogP contribution in [0.2, 0.25) is 0 Å². The number of alkyl carbamates (subject to hydrolysis) is 1. The number of aliphatic hydroxyl groups is 2. The molecule has 0 saturated carbocycles. The molecule has 8 heteroatoms. The molecule has 0 spiro atoms. The predicted molar refractivity (Wildman–Crippen MR) is 129 cm³/mol. The molecule has 3 N–H and O–H groups in total. The van der Waals surface area contributed by atoms with Crippen LogP contribution in [0, 0.1) is 0 Å². The second-order valence-electron chi connectivity index (χ2n) is 8.18. The van der Waals surface area contributed by atoms with Crippen molar-refractivity contribution in [2.24, 2.45) is 0 Å². The molecule has 2 atom stereocenters. The van der Waals surface area contributed by atoms with E-state index in [-0.39, 0.29) is 41.7 Å². The molecule has 1 aliphatic carbocycles. The van der Waals surface area contributed by atoms with Gasteiger partial charge in [-0.15, -0.1) is 0 Å². The summed E-state index contributed by atoms with van der Waals surface area (Å²) in [5.74, 6) is 0.333. The molecule has 0 bridgehead atoms. The summed E-state index contributed by atoms with van der Waals surface area (Å²) in [6, 6.07) is 18.9. The quantitative estimate of drug-likeness (QED) is 0.405. The molecule has 2 unspecified atom stereocenters. The Bertz CT molecular complexity index is 1180. The summed E-state index contributed by atoms with van der Waals surface area (Å²) in [5.41, 5.74) is 4.83. The topological polar surface area (TPSA) is 114 Å². The maximum absolute atomic E-state index is 12.4. The first-order chi connectivity index (χ1) is 17.0. The number of carbonyl (C=O) groups excluding carboxylic acids is 2. The molecule has 4 rings (SSSR count).